The summed E-state index contributed by atoms with van der Waals surface area (Å²) in [7, 11) is 1.52. The maximum absolute atomic E-state index is 9.42. The number of rotatable bonds is 6. The molecule has 0 aliphatic carbocycles. The topological polar surface area (TPSA) is 61.7 Å². The Hall–Kier alpha value is -1.26. The van der Waals surface area contributed by atoms with Crippen LogP contribution in [0.1, 0.15) is 18.9 Å². The fraction of sp³-hybridized carbons (Fsp3) is 0.500. The number of aromatic hydroxyl groups is 1. The molecule has 0 bridgehead atoms. The Morgan fingerprint density at radius 1 is 1.44 bits per heavy atom. The second-order valence-electron chi connectivity index (χ2n) is 3.67. The average molecular weight is 225 g/mol. The largest absolute Gasteiger partial charge is 0.504 e. The molecule has 0 saturated heterocycles. The van der Waals surface area contributed by atoms with Crippen LogP contribution >= 0.6 is 0 Å². The van der Waals surface area contributed by atoms with Gasteiger partial charge in [0.1, 0.15) is 0 Å². The maximum atomic E-state index is 9.42. The minimum absolute atomic E-state index is 0.111. The summed E-state index contributed by atoms with van der Waals surface area (Å²) in [6.07, 6.45) is 0.881. The van der Waals surface area contributed by atoms with Crippen LogP contribution < -0.4 is 10.1 Å². The minimum Gasteiger partial charge on any atom is -0.504 e. The molecule has 0 aliphatic rings. The zero-order valence-corrected chi connectivity index (χ0v) is 9.73. The van der Waals surface area contributed by atoms with E-state index in [-0.39, 0.29) is 18.4 Å². The van der Waals surface area contributed by atoms with Crippen LogP contribution in [0.3, 0.4) is 0 Å². The van der Waals surface area contributed by atoms with Gasteiger partial charge in [-0.05, 0) is 24.1 Å². The summed E-state index contributed by atoms with van der Waals surface area (Å²) in [5.74, 6) is 0.608. The molecule has 0 aromatic heterocycles. The molecule has 16 heavy (non-hydrogen) atoms. The monoisotopic (exact) mass is 225 g/mol. The minimum atomic E-state index is 0.111. The summed E-state index contributed by atoms with van der Waals surface area (Å²) in [5.41, 5.74) is 1.02. The Labute approximate surface area is 95.9 Å². The zero-order chi connectivity index (χ0) is 12.0. The molecule has 0 fully saturated rings. The van der Waals surface area contributed by atoms with E-state index >= 15 is 0 Å². The molecule has 0 unspecified atom stereocenters. The number of benzene rings is 1. The molecule has 0 amide bonds. The highest BCUT2D eigenvalue weighted by Gasteiger charge is 2.05. The van der Waals surface area contributed by atoms with Crippen LogP contribution in [0.15, 0.2) is 18.2 Å². The van der Waals surface area contributed by atoms with Gasteiger partial charge in [0.2, 0.25) is 0 Å². The molecule has 0 spiro atoms. The SMILES string of the molecule is CC[C@@H](CO)NCc1ccc(O)c(OC)c1. The Morgan fingerprint density at radius 3 is 2.75 bits per heavy atom. The van der Waals surface area contributed by atoms with E-state index in [2.05, 4.69) is 5.32 Å². The number of phenolic OH excluding ortho intramolecular Hbond substituents is 1. The summed E-state index contributed by atoms with van der Waals surface area (Å²) in [6.45, 7) is 2.80. The van der Waals surface area contributed by atoms with Crippen molar-refractivity contribution in [2.45, 2.75) is 25.9 Å². The Kier molecular flexibility index (Phi) is 5.08. The van der Waals surface area contributed by atoms with Gasteiger partial charge in [0.05, 0.1) is 13.7 Å². The van der Waals surface area contributed by atoms with Gasteiger partial charge in [0.25, 0.3) is 0 Å². The van der Waals surface area contributed by atoms with Crippen molar-refractivity contribution in [1.29, 1.82) is 0 Å². The van der Waals surface area contributed by atoms with Gasteiger partial charge in [0.15, 0.2) is 11.5 Å². The van der Waals surface area contributed by atoms with E-state index in [1.165, 1.54) is 7.11 Å². The summed E-state index contributed by atoms with van der Waals surface area (Å²) >= 11 is 0. The second-order valence-corrected chi connectivity index (χ2v) is 3.67. The molecule has 4 nitrogen and oxygen atoms in total. The van der Waals surface area contributed by atoms with Gasteiger partial charge in [-0.15, -0.1) is 0 Å². The van der Waals surface area contributed by atoms with Gasteiger partial charge in [-0.2, -0.15) is 0 Å². The molecule has 1 aromatic rings. The van der Waals surface area contributed by atoms with E-state index in [0.29, 0.717) is 12.3 Å². The molecule has 1 rings (SSSR count). The third kappa shape index (κ3) is 3.40. The maximum Gasteiger partial charge on any atom is 0.160 e. The van der Waals surface area contributed by atoms with E-state index in [4.69, 9.17) is 9.84 Å². The highest BCUT2D eigenvalue weighted by Crippen LogP contribution is 2.26. The predicted octanol–water partition coefficient (Wildman–Crippen LogP) is 1.26. The highest BCUT2D eigenvalue weighted by molar-refractivity contribution is 5.41. The summed E-state index contributed by atoms with van der Waals surface area (Å²) in [4.78, 5) is 0. The van der Waals surface area contributed by atoms with Crippen LogP contribution in [0.2, 0.25) is 0 Å². The van der Waals surface area contributed by atoms with Crippen LogP contribution in [0.4, 0.5) is 0 Å². The lowest BCUT2D eigenvalue weighted by atomic mass is 10.1. The molecule has 0 radical (unpaired) electrons. The van der Waals surface area contributed by atoms with Crippen molar-refractivity contribution in [3.05, 3.63) is 23.8 Å². The lowest BCUT2D eigenvalue weighted by Crippen LogP contribution is -2.31. The van der Waals surface area contributed by atoms with Crippen molar-refractivity contribution in [3.63, 3.8) is 0 Å². The molecular formula is C12H19NO3. The van der Waals surface area contributed by atoms with E-state index in [1.54, 1.807) is 12.1 Å². The summed E-state index contributed by atoms with van der Waals surface area (Å²) < 4.78 is 5.02. The number of methoxy groups -OCH3 is 1. The van der Waals surface area contributed by atoms with Gasteiger partial charge in [0, 0.05) is 12.6 Å². The molecule has 0 aliphatic heterocycles. The van der Waals surface area contributed by atoms with Gasteiger partial charge < -0.3 is 20.3 Å². The van der Waals surface area contributed by atoms with Gasteiger partial charge in [-0.1, -0.05) is 13.0 Å². The highest BCUT2D eigenvalue weighted by atomic mass is 16.5. The third-order valence-corrected chi connectivity index (χ3v) is 2.55. The number of aliphatic hydroxyl groups is 1. The van der Waals surface area contributed by atoms with Crippen LogP contribution in [-0.4, -0.2) is 30.0 Å². The summed E-state index contributed by atoms with van der Waals surface area (Å²) in [5, 5.41) is 21.7. The van der Waals surface area contributed by atoms with Crippen LogP contribution in [0.25, 0.3) is 0 Å². The van der Waals surface area contributed by atoms with E-state index in [0.717, 1.165) is 12.0 Å². The lowest BCUT2D eigenvalue weighted by molar-refractivity contribution is 0.238. The number of hydrogen-bond donors (Lipinski definition) is 3. The van der Waals surface area contributed by atoms with Crippen LogP contribution in [0.5, 0.6) is 11.5 Å². The number of ether oxygens (including phenoxy) is 1. The normalized spacial score (nSPS) is 12.4. The number of phenols is 1. The predicted molar refractivity (Wildman–Crippen MR) is 62.7 cm³/mol. The standard InChI is InChI=1S/C12H19NO3/c1-3-10(8-14)13-7-9-4-5-11(15)12(6-9)16-2/h4-6,10,13-15H,3,7-8H2,1-2H3/t10-/m0/s1. The first-order valence-electron chi connectivity index (χ1n) is 5.41. The van der Waals surface area contributed by atoms with E-state index in [9.17, 15) is 5.11 Å². The first kappa shape index (κ1) is 12.8. The van der Waals surface area contributed by atoms with Crippen molar-refractivity contribution in [2.24, 2.45) is 0 Å². The van der Waals surface area contributed by atoms with Gasteiger partial charge in [-0.25, -0.2) is 0 Å². The Balaban J connectivity index is 2.60. The molecule has 4 heteroatoms. The molecule has 3 N–H and O–H groups in total. The first-order valence-corrected chi connectivity index (χ1v) is 5.41. The Morgan fingerprint density at radius 2 is 2.19 bits per heavy atom. The fourth-order valence-electron chi connectivity index (χ4n) is 1.43. The van der Waals surface area contributed by atoms with Gasteiger partial charge >= 0.3 is 0 Å². The number of hydrogen-bond acceptors (Lipinski definition) is 4. The average Bonchev–Trinajstić information content (AvgIpc) is 2.32. The van der Waals surface area contributed by atoms with Crippen molar-refractivity contribution in [1.82, 2.24) is 5.32 Å². The fourth-order valence-corrected chi connectivity index (χ4v) is 1.43. The summed E-state index contributed by atoms with van der Waals surface area (Å²) in [6, 6.07) is 5.33. The first-order chi connectivity index (χ1) is 7.71. The molecule has 0 heterocycles. The quantitative estimate of drug-likeness (QED) is 0.682. The molecular weight excluding hydrogens is 206 g/mol. The van der Waals surface area contributed by atoms with Crippen molar-refractivity contribution < 1.29 is 14.9 Å². The Bertz CT molecular complexity index is 324. The second kappa shape index (κ2) is 6.35. The van der Waals surface area contributed by atoms with E-state index in [1.807, 2.05) is 13.0 Å². The zero-order valence-electron chi connectivity index (χ0n) is 9.73. The van der Waals surface area contributed by atoms with Crippen LogP contribution in [0, 0.1) is 0 Å². The lowest BCUT2D eigenvalue weighted by Gasteiger charge is -2.14. The third-order valence-electron chi connectivity index (χ3n) is 2.55. The van der Waals surface area contributed by atoms with Crippen molar-refractivity contribution >= 4 is 0 Å². The number of aliphatic hydroxyl groups excluding tert-OH is 1. The van der Waals surface area contributed by atoms with Crippen molar-refractivity contribution in [3.8, 4) is 11.5 Å². The smallest absolute Gasteiger partial charge is 0.160 e. The molecule has 0 saturated carbocycles. The number of nitrogens with one attached hydrogen (secondary N) is 1. The van der Waals surface area contributed by atoms with Crippen LogP contribution in [-0.2, 0) is 6.54 Å². The molecule has 1 atom stereocenters. The van der Waals surface area contributed by atoms with Gasteiger partial charge in [-0.3, -0.25) is 0 Å². The van der Waals surface area contributed by atoms with E-state index < -0.39 is 0 Å². The molecule has 90 valence electrons. The molecule has 1 aromatic carbocycles. The van der Waals surface area contributed by atoms with Crippen molar-refractivity contribution in [2.75, 3.05) is 13.7 Å².